The monoisotopic (exact) mass is 316 g/mol. The highest BCUT2D eigenvalue weighted by Gasteiger charge is 2.30. The zero-order valence-electron chi connectivity index (χ0n) is 14.9. The fraction of sp³-hybridized carbons (Fsp3) is 0.667. The molecule has 2 nitrogen and oxygen atoms in total. The van der Waals surface area contributed by atoms with Crippen molar-refractivity contribution in [3.05, 3.63) is 35.4 Å². The third-order valence-corrected chi connectivity index (χ3v) is 5.03. The third-order valence-electron chi connectivity index (χ3n) is 5.03. The minimum Gasteiger partial charge on any atom is -0.457 e. The topological polar surface area (TPSA) is 26.3 Å². The van der Waals surface area contributed by atoms with Crippen molar-refractivity contribution in [2.24, 2.45) is 5.92 Å². The van der Waals surface area contributed by atoms with Gasteiger partial charge < -0.3 is 4.74 Å². The number of hydrogen-bond donors (Lipinski definition) is 0. The Morgan fingerprint density at radius 1 is 0.957 bits per heavy atom. The predicted octanol–water partition coefficient (Wildman–Crippen LogP) is 5.99. The maximum atomic E-state index is 12.2. The van der Waals surface area contributed by atoms with E-state index in [0.717, 1.165) is 31.2 Å². The van der Waals surface area contributed by atoms with Crippen LogP contribution in [0.15, 0.2) is 24.3 Å². The lowest BCUT2D eigenvalue weighted by molar-refractivity contribution is -0.161. The van der Waals surface area contributed by atoms with E-state index in [-0.39, 0.29) is 18.0 Å². The van der Waals surface area contributed by atoms with Gasteiger partial charge in [0.15, 0.2) is 0 Å². The lowest BCUT2D eigenvalue weighted by Crippen LogP contribution is -2.26. The lowest BCUT2D eigenvalue weighted by atomic mass is 9.90. The Hall–Kier alpha value is -1.31. The zero-order valence-corrected chi connectivity index (χ0v) is 14.9. The van der Waals surface area contributed by atoms with Gasteiger partial charge in [0.2, 0.25) is 0 Å². The summed E-state index contributed by atoms with van der Waals surface area (Å²) >= 11 is 0. The summed E-state index contributed by atoms with van der Waals surface area (Å²) < 4.78 is 5.72. The summed E-state index contributed by atoms with van der Waals surface area (Å²) in [6, 6.07) is 8.52. The van der Waals surface area contributed by atoms with Crippen LogP contribution in [0.4, 0.5) is 0 Å². The molecule has 2 unspecified atom stereocenters. The van der Waals surface area contributed by atoms with Gasteiger partial charge in [-0.2, -0.15) is 0 Å². The SMILES string of the molecule is CCCCCCCCC1CCC(c2ccc(CC)cc2)OC1=O. The van der Waals surface area contributed by atoms with Crippen LogP contribution in [-0.4, -0.2) is 5.97 Å². The molecule has 0 amide bonds. The molecule has 2 heteroatoms. The van der Waals surface area contributed by atoms with Gasteiger partial charge >= 0.3 is 5.97 Å². The Labute approximate surface area is 141 Å². The normalized spacial score (nSPS) is 21.2. The quantitative estimate of drug-likeness (QED) is 0.413. The third kappa shape index (κ3) is 5.67. The van der Waals surface area contributed by atoms with Gasteiger partial charge in [-0.15, -0.1) is 0 Å². The maximum Gasteiger partial charge on any atom is 0.309 e. The van der Waals surface area contributed by atoms with Gasteiger partial charge in [-0.05, 0) is 36.8 Å². The summed E-state index contributed by atoms with van der Waals surface area (Å²) in [4.78, 5) is 12.2. The first-order valence-electron chi connectivity index (χ1n) is 9.54. The molecule has 0 saturated carbocycles. The van der Waals surface area contributed by atoms with Gasteiger partial charge in [-0.1, -0.05) is 76.6 Å². The zero-order chi connectivity index (χ0) is 16.5. The molecule has 0 aliphatic carbocycles. The summed E-state index contributed by atoms with van der Waals surface area (Å²) in [5, 5.41) is 0. The lowest BCUT2D eigenvalue weighted by Gasteiger charge is -2.28. The van der Waals surface area contributed by atoms with Crippen LogP contribution in [0.2, 0.25) is 0 Å². The Bertz CT molecular complexity index is 463. The Kier molecular flexibility index (Phi) is 7.64. The van der Waals surface area contributed by atoms with E-state index < -0.39 is 0 Å². The van der Waals surface area contributed by atoms with Crippen molar-refractivity contribution in [1.82, 2.24) is 0 Å². The molecule has 0 aromatic heterocycles. The van der Waals surface area contributed by atoms with Gasteiger partial charge in [0.05, 0.1) is 5.92 Å². The summed E-state index contributed by atoms with van der Waals surface area (Å²) in [7, 11) is 0. The van der Waals surface area contributed by atoms with Crippen LogP contribution in [0.5, 0.6) is 0 Å². The van der Waals surface area contributed by atoms with Gasteiger partial charge in [-0.3, -0.25) is 4.79 Å². The van der Waals surface area contributed by atoms with Crippen molar-refractivity contribution in [2.45, 2.75) is 84.2 Å². The van der Waals surface area contributed by atoms with Crippen molar-refractivity contribution in [3.8, 4) is 0 Å². The fourth-order valence-corrected chi connectivity index (χ4v) is 3.40. The molecule has 0 N–H and O–H groups in total. The molecule has 0 bridgehead atoms. The maximum absolute atomic E-state index is 12.2. The van der Waals surface area contributed by atoms with E-state index in [1.54, 1.807) is 0 Å². The van der Waals surface area contributed by atoms with Gasteiger partial charge in [0.25, 0.3) is 0 Å². The second-order valence-corrected chi connectivity index (χ2v) is 6.85. The van der Waals surface area contributed by atoms with E-state index >= 15 is 0 Å². The van der Waals surface area contributed by atoms with E-state index in [1.165, 1.54) is 44.1 Å². The molecule has 1 fully saturated rings. The number of ether oxygens (including phenoxy) is 1. The average Bonchev–Trinajstić information content (AvgIpc) is 2.59. The summed E-state index contributed by atoms with van der Waals surface area (Å²) in [5.74, 6) is 0.154. The first-order chi connectivity index (χ1) is 11.2. The first kappa shape index (κ1) is 18.0. The number of unbranched alkanes of at least 4 members (excludes halogenated alkanes) is 5. The van der Waals surface area contributed by atoms with Crippen molar-refractivity contribution >= 4 is 5.97 Å². The molecule has 0 radical (unpaired) electrons. The second kappa shape index (κ2) is 9.75. The average molecular weight is 316 g/mol. The largest absolute Gasteiger partial charge is 0.457 e. The molecular weight excluding hydrogens is 284 g/mol. The number of rotatable bonds is 9. The van der Waals surface area contributed by atoms with Gasteiger partial charge in [-0.25, -0.2) is 0 Å². The molecule has 1 aromatic rings. The molecule has 1 aliphatic heterocycles. The Morgan fingerprint density at radius 2 is 1.65 bits per heavy atom. The van der Waals surface area contributed by atoms with Crippen molar-refractivity contribution in [1.29, 1.82) is 0 Å². The first-order valence-corrected chi connectivity index (χ1v) is 9.54. The number of esters is 1. The molecule has 1 saturated heterocycles. The highest BCUT2D eigenvalue weighted by Crippen LogP contribution is 2.33. The van der Waals surface area contributed by atoms with E-state index in [2.05, 4.69) is 38.1 Å². The summed E-state index contributed by atoms with van der Waals surface area (Å²) in [6.07, 6.45) is 11.7. The van der Waals surface area contributed by atoms with Crippen LogP contribution in [0.25, 0.3) is 0 Å². The molecule has 23 heavy (non-hydrogen) atoms. The molecule has 2 rings (SSSR count). The Morgan fingerprint density at radius 3 is 2.30 bits per heavy atom. The number of aryl methyl sites for hydroxylation is 1. The molecule has 128 valence electrons. The van der Waals surface area contributed by atoms with Crippen molar-refractivity contribution in [2.75, 3.05) is 0 Å². The van der Waals surface area contributed by atoms with E-state index in [0.29, 0.717) is 0 Å². The minimum absolute atomic E-state index is 0.0226. The predicted molar refractivity (Wildman–Crippen MR) is 95.4 cm³/mol. The summed E-state index contributed by atoms with van der Waals surface area (Å²) in [6.45, 7) is 4.40. The smallest absolute Gasteiger partial charge is 0.309 e. The standard InChI is InChI=1S/C21H32O2/c1-3-5-6-7-8-9-10-19-15-16-20(23-21(19)22)18-13-11-17(4-2)12-14-18/h11-14,19-20H,3-10,15-16H2,1-2H3. The van der Waals surface area contributed by atoms with Crippen LogP contribution in [0.3, 0.4) is 0 Å². The van der Waals surface area contributed by atoms with Crippen LogP contribution >= 0.6 is 0 Å². The highest BCUT2D eigenvalue weighted by atomic mass is 16.5. The number of benzene rings is 1. The fourth-order valence-electron chi connectivity index (χ4n) is 3.40. The van der Waals surface area contributed by atoms with E-state index in [1.807, 2.05) is 0 Å². The van der Waals surface area contributed by atoms with Gasteiger partial charge in [0, 0.05) is 0 Å². The van der Waals surface area contributed by atoms with Crippen LogP contribution in [0, 0.1) is 5.92 Å². The molecule has 1 aliphatic rings. The molecule has 1 aromatic carbocycles. The van der Waals surface area contributed by atoms with E-state index in [4.69, 9.17) is 4.74 Å². The minimum atomic E-state index is -0.0331. The van der Waals surface area contributed by atoms with Crippen molar-refractivity contribution in [3.63, 3.8) is 0 Å². The number of hydrogen-bond acceptors (Lipinski definition) is 2. The van der Waals surface area contributed by atoms with Crippen LogP contribution < -0.4 is 0 Å². The number of carbonyl (C=O) groups is 1. The molecule has 0 spiro atoms. The molecule has 1 heterocycles. The number of cyclic esters (lactones) is 1. The van der Waals surface area contributed by atoms with Crippen molar-refractivity contribution < 1.29 is 9.53 Å². The Balaban J connectivity index is 1.72. The molecule has 2 atom stereocenters. The van der Waals surface area contributed by atoms with E-state index in [9.17, 15) is 4.79 Å². The van der Waals surface area contributed by atoms with Crippen LogP contribution in [0.1, 0.15) is 88.9 Å². The second-order valence-electron chi connectivity index (χ2n) is 6.85. The van der Waals surface area contributed by atoms with Gasteiger partial charge in [0.1, 0.15) is 6.10 Å². The number of carbonyl (C=O) groups excluding carboxylic acids is 1. The van der Waals surface area contributed by atoms with Crippen LogP contribution in [-0.2, 0) is 16.0 Å². The summed E-state index contributed by atoms with van der Waals surface area (Å²) in [5.41, 5.74) is 2.48. The molecular formula is C21H32O2. The highest BCUT2D eigenvalue weighted by molar-refractivity contribution is 5.73.